The highest BCUT2D eigenvalue weighted by Crippen LogP contribution is 2.26. The van der Waals surface area contributed by atoms with Crippen LogP contribution in [0.3, 0.4) is 0 Å². The zero-order valence-corrected chi connectivity index (χ0v) is 17.2. The lowest BCUT2D eigenvalue weighted by Crippen LogP contribution is -2.32. The van der Waals surface area contributed by atoms with Crippen LogP contribution >= 0.6 is 11.8 Å². The molecule has 0 aliphatic carbocycles. The quantitative estimate of drug-likeness (QED) is 0.564. The molecule has 8 nitrogen and oxygen atoms in total. The molecule has 1 fully saturated rings. The summed E-state index contributed by atoms with van der Waals surface area (Å²) in [5.41, 5.74) is 0. The van der Waals surface area contributed by atoms with Gasteiger partial charge in [-0.15, -0.1) is 10.2 Å². The summed E-state index contributed by atoms with van der Waals surface area (Å²) in [5.74, 6) is 2.58. The van der Waals surface area contributed by atoms with E-state index in [0.717, 1.165) is 43.4 Å². The number of amides is 1. The zero-order valence-electron chi connectivity index (χ0n) is 16.4. The van der Waals surface area contributed by atoms with Crippen LogP contribution in [0.4, 0.5) is 5.95 Å². The van der Waals surface area contributed by atoms with Crippen LogP contribution in [0.5, 0.6) is 0 Å². The number of nitrogens with one attached hydrogen (secondary N) is 1. The summed E-state index contributed by atoms with van der Waals surface area (Å²) in [7, 11) is 0. The molecular formula is C20H25N5O3S. The molecule has 3 aromatic heterocycles. The first-order valence-electron chi connectivity index (χ1n) is 9.87. The number of thioether (sulfide) groups is 1. The van der Waals surface area contributed by atoms with Gasteiger partial charge >= 0.3 is 0 Å². The Morgan fingerprint density at radius 1 is 1.17 bits per heavy atom. The molecule has 29 heavy (non-hydrogen) atoms. The Labute approximate surface area is 173 Å². The number of hydrogen-bond donors (Lipinski definition) is 1. The number of aromatic nitrogens is 3. The molecule has 9 heteroatoms. The minimum absolute atomic E-state index is 0.0778. The first-order chi connectivity index (χ1) is 14.2. The van der Waals surface area contributed by atoms with Crippen LogP contribution in [-0.4, -0.2) is 39.5 Å². The van der Waals surface area contributed by atoms with Crippen molar-refractivity contribution in [1.29, 1.82) is 0 Å². The lowest BCUT2D eigenvalue weighted by molar-refractivity contribution is -0.119. The monoisotopic (exact) mass is 415 g/mol. The highest BCUT2D eigenvalue weighted by molar-refractivity contribution is 7.99. The maximum absolute atomic E-state index is 12.4. The van der Waals surface area contributed by atoms with Gasteiger partial charge in [-0.3, -0.25) is 9.36 Å². The maximum Gasteiger partial charge on any atom is 0.231 e. The summed E-state index contributed by atoms with van der Waals surface area (Å²) in [5, 5.41) is 12.5. The molecule has 0 radical (unpaired) electrons. The fourth-order valence-electron chi connectivity index (χ4n) is 3.43. The highest BCUT2D eigenvalue weighted by atomic mass is 32.2. The Hall–Kier alpha value is -2.68. The summed E-state index contributed by atoms with van der Waals surface area (Å²) in [6, 6.07) is 7.29. The minimum Gasteiger partial charge on any atom is -0.467 e. The van der Waals surface area contributed by atoms with Crippen LogP contribution < -0.4 is 10.2 Å². The van der Waals surface area contributed by atoms with Crippen molar-refractivity contribution in [2.45, 2.75) is 43.9 Å². The molecule has 1 saturated heterocycles. The van der Waals surface area contributed by atoms with Gasteiger partial charge in [0.2, 0.25) is 11.9 Å². The van der Waals surface area contributed by atoms with Gasteiger partial charge in [0.1, 0.15) is 11.5 Å². The van der Waals surface area contributed by atoms with Crippen LogP contribution in [0, 0.1) is 0 Å². The van der Waals surface area contributed by atoms with Crippen LogP contribution in [0.25, 0.3) is 0 Å². The molecule has 4 heterocycles. The third kappa shape index (κ3) is 4.84. The van der Waals surface area contributed by atoms with Gasteiger partial charge in [-0.2, -0.15) is 0 Å². The third-order valence-electron chi connectivity index (χ3n) is 4.91. The number of carbonyl (C=O) groups excluding carboxylic acids is 1. The fraction of sp³-hybridized carbons (Fsp3) is 0.450. The molecular weight excluding hydrogens is 390 g/mol. The minimum atomic E-state index is -0.178. The van der Waals surface area contributed by atoms with Crippen molar-refractivity contribution >= 4 is 23.6 Å². The summed E-state index contributed by atoms with van der Waals surface area (Å²) in [4.78, 5) is 14.7. The van der Waals surface area contributed by atoms with Crippen molar-refractivity contribution in [3.05, 3.63) is 48.3 Å². The Kier molecular flexibility index (Phi) is 6.24. The first kappa shape index (κ1) is 19.6. The Morgan fingerprint density at radius 3 is 2.69 bits per heavy atom. The van der Waals surface area contributed by atoms with E-state index in [1.54, 1.807) is 12.5 Å². The number of carbonyl (C=O) groups is 1. The first-order valence-corrected chi connectivity index (χ1v) is 10.9. The van der Waals surface area contributed by atoms with E-state index >= 15 is 0 Å². The van der Waals surface area contributed by atoms with Crippen LogP contribution in [0.15, 0.2) is 50.8 Å². The summed E-state index contributed by atoms with van der Waals surface area (Å²) in [6.45, 7) is 4.39. The molecule has 1 aliphatic heterocycles. The topological polar surface area (TPSA) is 89.3 Å². The second-order valence-corrected chi connectivity index (χ2v) is 8.03. The lowest BCUT2D eigenvalue weighted by Gasteiger charge is -2.27. The van der Waals surface area contributed by atoms with Crippen molar-refractivity contribution in [2.24, 2.45) is 0 Å². The van der Waals surface area contributed by atoms with E-state index in [4.69, 9.17) is 8.83 Å². The average Bonchev–Trinajstić information content (AvgIpc) is 3.50. The van der Waals surface area contributed by atoms with Crippen molar-refractivity contribution in [3.8, 4) is 0 Å². The Balaban J connectivity index is 1.44. The highest BCUT2D eigenvalue weighted by Gasteiger charge is 2.22. The molecule has 1 atom stereocenters. The van der Waals surface area contributed by atoms with Crippen molar-refractivity contribution in [3.63, 3.8) is 0 Å². The normalized spacial score (nSPS) is 15.4. The van der Waals surface area contributed by atoms with Crippen LogP contribution in [0.2, 0.25) is 0 Å². The molecule has 0 saturated carbocycles. The Bertz CT molecular complexity index is 901. The SMILES string of the molecule is CC(NC(=O)CSc1nnc(N2CCCCC2)n1Cc1ccco1)c1ccco1. The molecule has 1 unspecified atom stereocenters. The van der Waals surface area contributed by atoms with Gasteiger partial charge in [-0.05, 0) is 50.5 Å². The fourth-order valence-corrected chi connectivity index (χ4v) is 4.18. The lowest BCUT2D eigenvalue weighted by atomic mass is 10.1. The standard InChI is InChI=1S/C20H25N5O3S/c1-15(17-8-6-12-28-17)21-18(26)14-29-20-23-22-19(24-9-3-2-4-10-24)25(20)13-16-7-5-11-27-16/h5-8,11-12,15H,2-4,9-10,13-14H2,1H3,(H,21,26). The van der Waals surface area contributed by atoms with Gasteiger partial charge in [0, 0.05) is 13.1 Å². The summed E-state index contributed by atoms with van der Waals surface area (Å²) < 4.78 is 12.9. The molecule has 1 N–H and O–H groups in total. The second-order valence-electron chi connectivity index (χ2n) is 7.09. The molecule has 0 bridgehead atoms. The number of furan rings is 2. The zero-order chi connectivity index (χ0) is 20.1. The maximum atomic E-state index is 12.4. The van der Waals surface area contributed by atoms with Gasteiger partial charge in [0.25, 0.3) is 0 Å². The van der Waals surface area contributed by atoms with Gasteiger partial charge in [-0.1, -0.05) is 11.8 Å². The largest absolute Gasteiger partial charge is 0.467 e. The van der Waals surface area contributed by atoms with Gasteiger partial charge in [-0.25, -0.2) is 0 Å². The van der Waals surface area contributed by atoms with E-state index in [2.05, 4.69) is 20.4 Å². The van der Waals surface area contributed by atoms with E-state index in [1.807, 2.05) is 35.8 Å². The number of anilines is 1. The number of hydrogen-bond acceptors (Lipinski definition) is 7. The average molecular weight is 416 g/mol. The second kappa shape index (κ2) is 9.21. The number of rotatable bonds is 8. The van der Waals surface area contributed by atoms with Crippen molar-refractivity contribution < 1.29 is 13.6 Å². The molecule has 1 aliphatic rings. The molecule has 4 rings (SSSR count). The van der Waals surface area contributed by atoms with Crippen molar-refractivity contribution in [2.75, 3.05) is 23.7 Å². The molecule has 154 valence electrons. The molecule has 3 aromatic rings. The van der Waals surface area contributed by atoms with E-state index < -0.39 is 0 Å². The van der Waals surface area contributed by atoms with Crippen LogP contribution in [-0.2, 0) is 11.3 Å². The van der Waals surface area contributed by atoms with Crippen LogP contribution in [0.1, 0.15) is 43.7 Å². The molecule has 0 aromatic carbocycles. The van der Waals surface area contributed by atoms with Gasteiger partial charge in [0.15, 0.2) is 5.16 Å². The van der Waals surface area contributed by atoms with E-state index in [0.29, 0.717) is 11.7 Å². The van der Waals surface area contributed by atoms with E-state index in [1.165, 1.54) is 18.2 Å². The third-order valence-corrected chi connectivity index (χ3v) is 5.88. The van der Waals surface area contributed by atoms with E-state index in [9.17, 15) is 4.79 Å². The Morgan fingerprint density at radius 2 is 1.97 bits per heavy atom. The summed E-state index contributed by atoms with van der Waals surface area (Å²) in [6.07, 6.45) is 6.83. The smallest absolute Gasteiger partial charge is 0.231 e. The van der Waals surface area contributed by atoms with E-state index in [-0.39, 0.29) is 17.7 Å². The predicted molar refractivity (Wildman–Crippen MR) is 110 cm³/mol. The predicted octanol–water partition coefficient (Wildman–Crippen LogP) is 3.47. The molecule has 0 spiro atoms. The molecule has 1 amide bonds. The summed E-state index contributed by atoms with van der Waals surface area (Å²) >= 11 is 1.38. The number of nitrogens with zero attached hydrogens (tertiary/aromatic N) is 4. The van der Waals surface area contributed by atoms with Gasteiger partial charge < -0.3 is 19.1 Å². The van der Waals surface area contributed by atoms with Gasteiger partial charge in [0.05, 0.1) is 30.9 Å². The van der Waals surface area contributed by atoms with Crippen molar-refractivity contribution in [1.82, 2.24) is 20.1 Å². The number of piperidine rings is 1.